The largest absolute Gasteiger partial charge is 0.390 e. The summed E-state index contributed by atoms with van der Waals surface area (Å²) in [6, 6.07) is 0. The van der Waals surface area contributed by atoms with Gasteiger partial charge >= 0.3 is 0 Å². The lowest BCUT2D eigenvalue weighted by atomic mass is 9.43. The first-order valence-corrected chi connectivity index (χ1v) is 42.0. The Balaban J connectivity index is 0.000000180. The third kappa shape index (κ3) is 14.9. The molecule has 12 aliphatic rings. The smallest absolute Gasteiger partial charge is 0.199 e. The number of H-pyrrole nitrogens is 1. The number of halogens is 1. The Kier molecular flexibility index (Phi) is 23.4. The molecular formula is C87H139BrN12O9. The van der Waals surface area contributed by atoms with Gasteiger partial charge in [-0.1, -0.05) is 59.0 Å². The van der Waals surface area contributed by atoms with E-state index in [1.54, 1.807) is 58.9 Å². The molecule has 0 amide bonds. The molecule has 608 valence electrons. The lowest BCUT2D eigenvalue weighted by molar-refractivity contribution is -0.175. The Labute approximate surface area is 666 Å². The molecule has 21 nitrogen and oxygen atoms in total. The first-order valence-electron chi connectivity index (χ1n) is 43.9. The second-order valence-electron chi connectivity index (χ2n) is 37.9. The highest BCUT2D eigenvalue weighted by Crippen LogP contribution is 2.72. The Hall–Kier alpha value is -5.10. The van der Waals surface area contributed by atoms with E-state index in [0.717, 1.165) is 151 Å². The lowest BCUT2D eigenvalue weighted by Gasteiger charge is -2.62. The van der Waals surface area contributed by atoms with Crippen LogP contribution < -0.4 is 0 Å². The number of aromatic amines is 1. The molecule has 109 heavy (non-hydrogen) atoms. The molecule has 12 saturated carbocycles. The zero-order chi connectivity index (χ0) is 80.4. The summed E-state index contributed by atoms with van der Waals surface area (Å²) >= 11 is 3.43. The molecule has 12 aliphatic carbocycles. The van der Waals surface area contributed by atoms with Gasteiger partial charge in [0.15, 0.2) is 28.5 Å². The van der Waals surface area contributed by atoms with Crippen molar-refractivity contribution in [3.63, 3.8) is 0 Å². The topological polar surface area (TPSA) is 281 Å². The van der Waals surface area contributed by atoms with Gasteiger partial charge in [0.25, 0.3) is 0 Å². The number of aliphatic hydroxyl groups is 3. The maximum atomic E-state index is 13.7. The predicted octanol–water partition coefficient (Wildman–Crippen LogP) is 16.8. The summed E-state index contributed by atoms with van der Waals surface area (Å²) in [5, 5.41) is 48.3. The average molecular weight is 1580 g/mol. The SMILES string of the molecule is C.C.C.COC[C@]12CC[C@@](C)(O)C[C@H]1CC[C@H]1[C@@H]3CC[C@H](C(=O)CBr)[C@@]3(C)CC[C@@H]12.COC[C@]12CC[C@@](C)(O)C[C@H]1CC[C@H]1[C@@H]3CC[C@H](C(=O)Cn4cc5nccnc5n4)[C@@]3(C)CC[C@@H]12.COC[C@]12CC[C@@](C)(O)C[C@H]1CC[C@H]1[C@@H]3CC[C@H](C(=O)Cn4ncc5nccnc54)[C@@]3(C)CC[C@@H]12.[2H][2H].[2H][2H].[2H][2H].c1cnc2[nH]ncc2n1. The molecular weight excluding hydrogens is 1440 g/mol. The Bertz CT molecular complexity index is 4090. The van der Waals surface area contributed by atoms with Crippen molar-refractivity contribution in [2.75, 3.05) is 46.5 Å². The Morgan fingerprint density at radius 2 is 0.881 bits per heavy atom. The molecule has 4 N–H and O–H groups in total. The van der Waals surface area contributed by atoms with Gasteiger partial charge in [-0.2, -0.15) is 15.3 Å². The number of alkyl halides is 1. The first-order chi connectivity index (χ1) is 53.8. The van der Waals surface area contributed by atoms with E-state index in [9.17, 15) is 29.7 Å². The molecule has 24 atom stereocenters. The highest BCUT2D eigenvalue weighted by molar-refractivity contribution is 9.09. The van der Waals surface area contributed by atoms with Crippen molar-refractivity contribution >= 4 is 66.8 Å². The van der Waals surface area contributed by atoms with E-state index in [1.807, 2.05) is 48.3 Å². The average Bonchev–Trinajstić information content (AvgIpc) is 1.71. The molecule has 0 bridgehead atoms. The molecule has 12 fully saturated rings. The van der Waals surface area contributed by atoms with Crippen LogP contribution in [0.1, 0.15) is 246 Å². The minimum Gasteiger partial charge on any atom is -0.390 e. The van der Waals surface area contributed by atoms with Crippen LogP contribution in [-0.4, -0.2) is 156 Å². The van der Waals surface area contributed by atoms with E-state index >= 15 is 0 Å². The molecule has 0 unspecified atom stereocenters. The van der Waals surface area contributed by atoms with Crippen molar-refractivity contribution in [3.8, 4) is 0 Å². The zero-order valence-corrected chi connectivity index (χ0v) is 66.4. The number of fused-ring (bicyclic) bond motifs is 18. The fraction of sp³-hybridized carbons (Fsp3) is 0.793. The lowest BCUT2D eigenvalue weighted by Crippen LogP contribution is -2.58. The van der Waals surface area contributed by atoms with E-state index in [1.165, 1.54) is 70.6 Å². The summed E-state index contributed by atoms with van der Waals surface area (Å²) in [7, 11) is 5.56. The highest BCUT2D eigenvalue weighted by atomic mass is 79.9. The van der Waals surface area contributed by atoms with Crippen LogP contribution in [-0.2, 0) is 41.7 Å². The number of aromatic nitrogens is 12. The van der Waals surface area contributed by atoms with Crippen LogP contribution in [0.15, 0.2) is 55.8 Å². The summed E-state index contributed by atoms with van der Waals surface area (Å²) in [6.07, 6.45) is 44.7. The number of carbonyl (C=O) groups is 3. The first kappa shape index (κ1) is 79.1. The number of ether oxygens (including phenoxy) is 3. The molecule has 6 aromatic rings. The Morgan fingerprint density at radius 3 is 1.31 bits per heavy atom. The van der Waals surface area contributed by atoms with Crippen LogP contribution in [0.4, 0.5) is 0 Å². The second kappa shape index (κ2) is 32.3. The Morgan fingerprint density at radius 1 is 0.477 bits per heavy atom. The number of nitrogens with one attached hydrogen (secondary N) is 1. The van der Waals surface area contributed by atoms with Crippen molar-refractivity contribution in [1.29, 1.82) is 0 Å². The van der Waals surface area contributed by atoms with Gasteiger partial charge in [-0.05, 0) is 298 Å². The van der Waals surface area contributed by atoms with Crippen LogP contribution in [0.2, 0.25) is 0 Å². The molecule has 0 radical (unpaired) electrons. The van der Waals surface area contributed by atoms with Crippen LogP contribution in [0.25, 0.3) is 33.5 Å². The van der Waals surface area contributed by atoms with Gasteiger partial charge in [0, 0.05) is 85.2 Å². The van der Waals surface area contributed by atoms with Gasteiger partial charge in [-0.15, -0.1) is 0 Å². The van der Waals surface area contributed by atoms with Crippen molar-refractivity contribution in [2.24, 2.45) is 121 Å². The monoisotopic (exact) mass is 1580 g/mol. The summed E-state index contributed by atoms with van der Waals surface area (Å²) in [4.78, 5) is 65.2. The van der Waals surface area contributed by atoms with Crippen LogP contribution >= 0.6 is 15.9 Å². The fourth-order valence-electron chi connectivity index (χ4n) is 28.0. The van der Waals surface area contributed by atoms with E-state index in [4.69, 9.17) is 23.1 Å². The fourth-order valence-corrected chi connectivity index (χ4v) is 28.4. The van der Waals surface area contributed by atoms with Crippen LogP contribution in [0, 0.1) is 121 Å². The number of ketones is 3. The quantitative estimate of drug-likeness (QED) is 0.0737. The number of methoxy groups -OCH3 is 3. The number of nitrogens with zero attached hydrogens (tertiary/aromatic N) is 11. The van der Waals surface area contributed by atoms with E-state index in [-0.39, 0.29) is 79.1 Å². The summed E-state index contributed by atoms with van der Waals surface area (Å²) in [5.41, 5.74) is 3.70. The third-order valence-electron chi connectivity index (χ3n) is 32.7. The molecule has 6 heterocycles. The third-order valence-corrected chi connectivity index (χ3v) is 33.2. The van der Waals surface area contributed by atoms with Gasteiger partial charge in [0.1, 0.15) is 28.9 Å². The molecule has 22 heteroatoms. The zero-order valence-electron chi connectivity index (χ0n) is 70.8. The standard InChI is InChI=1S/2C28H40N4O3.C23H37BrO3.C5H4N4.3CH4.3H2/c1-26(34)10-11-28(17-35-3)18(14-26)4-5-19-20-6-7-22(27(20,2)9-8-21(19)28)24(33)16-32-15-23-25(31-32)30-13-12-29-23;1-26(34)10-11-28(17-35-3)18(14-26)4-5-19-20-6-7-22(27(20,2)9-8-21(19)28)24(33)16-32-25-23(15-31-32)29-12-13-30-25;1-21(26)10-11-23(14-27-3)15(12-21)4-5-16-17-6-7-19(20(25)13-24)22(17,2)9-8-18(16)23;1-2-7-5-4(6-1)3-8-9-5;;;;;;/h2*12-13,15,18-22,34H,4-11,14,16-17H2,1-3H3;15-19,26H,4-14H2,1-3H3;1-3H,(H,7,8,9);3*1H4;3*1H/t2*18-,19+,20+,21+,22-,26-,27+,28-;15-,16+,17+,18+,19-,21-,22+,23-;;;;;;;/m111......./s1/i;;;;;;;3*1+1D. The summed E-state index contributed by atoms with van der Waals surface area (Å²) < 4.78 is 51.1. The summed E-state index contributed by atoms with van der Waals surface area (Å²) in [5.74, 6) is 9.16. The molecule has 6 aromatic heterocycles. The molecule has 0 aromatic carbocycles. The highest BCUT2D eigenvalue weighted by Gasteiger charge is 2.67. The minimum absolute atomic E-state index is 0. The number of rotatable bonds is 14. The van der Waals surface area contributed by atoms with E-state index < -0.39 is 16.8 Å². The molecule has 0 saturated heterocycles. The van der Waals surface area contributed by atoms with Crippen LogP contribution in [0.3, 0.4) is 0 Å². The van der Waals surface area contributed by atoms with E-state index in [2.05, 4.69) is 87.0 Å². The van der Waals surface area contributed by atoms with Crippen LogP contribution in [0.5, 0.6) is 0 Å². The molecule has 0 aliphatic heterocycles. The second-order valence-corrected chi connectivity index (χ2v) is 38.5. The number of Topliss-reactive ketones (excluding diaryl/α,β-unsaturated/α-hetero) is 3. The predicted molar refractivity (Wildman–Crippen MR) is 434 cm³/mol. The van der Waals surface area contributed by atoms with Gasteiger partial charge in [-0.3, -0.25) is 24.2 Å². The molecule has 0 spiro atoms. The summed E-state index contributed by atoms with van der Waals surface area (Å²) in [6.45, 7) is 16.4. The van der Waals surface area contributed by atoms with Crippen molar-refractivity contribution in [1.82, 2.24) is 59.7 Å². The van der Waals surface area contributed by atoms with E-state index in [0.29, 0.717) is 106 Å². The van der Waals surface area contributed by atoms with Crippen molar-refractivity contribution in [3.05, 3.63) is 55.8 Å². The normalized spacial score (nSPS) is 41.5. The van der Waals surface area contributed by atoms with Gasteiger partial charge in [0.2, 0.25) is 0 Å². The molecule has 18 rings (SSSR count). The maximum absolute atomic E-state index is 13.7. The number of hydrogen-bond acceptors (Lipinski definition) is 18. The van der Waals surface area contributed by atoms with Gasteiger partial charge < -0.3 is 29.5 Å². The van der Waals surface area contributed by atoms with Crippen molar-refractivity contribution < 1.29 is 52.8 Å². The minimum atomic E-state index is -0.538. The van der Waals surface area contributed by atoms with Crippen molar-refractivity contribution in [2.45, 2.75) is 267 Å². The van der Waals surface area contributed by atoms with Gasteiger partial charge in [-0.25, -0.2) is 34.6 Å². The van der Waals surface area contributed by atoms with Gasteiger partial charge in [0.05, 0.1) is 67.1 Å². The maximum Gasteiger partial charge on any atom is 0.199 e. The number of carbonyl (C=O) groups excluding carboxylic acids is 3. The number of hydrogen-bond donors (Lipinski definition) is 4.